The van der Waals surface area contributed by atoms with E-state index in [4.69, 9.17) is 18.9 Å². The Morgan fingerprint density at radius 3 is 2.26 bits per heavy atom. The maximum absolute atomic E-state index is 6.18. The van der Waals surface area contributed by atoms with E-state index >= 15 is 0 Å². The lowest BCUT2D eigenvalue weighted by molar-refractivity contribution is -0.156. The Hall–Kier alpha value is -2.34. The second-order valence-electron chi connectivity index (χ2n) is 11.9. The molecular weight excluding hydrogens is 474 g/mol. The average Bonchev–Trinajstić information content (AvgIpc) is 2.91. The molecule has 2 atom stereocenters. The molecule has 0 N–H and O–H groups in total. The predicted octanol–water partition coefficient (Wildman–Crippen LogP) is 7.13. The SMILES string of the molecule is C/C=C/C1CCc2cc(OC(C)(C)C)ccc2C1c1ccc(N2CCC(CC(OC)OC)(OC)CC2)cc1. The van der Waals surface area contributed by atoms with Crippen LogP contribution < -0.4 is 9.64 Å². The lowest BCUT2D eigenvalue weighted by Gasteiger charge is -2.43. The zero-order chi connectivity index (χ0) is 27.3. The first-order valence-corrected chi connectivity index (χ1v) is 14.1. The molecule has 0 amide bonds. The van der Waals surface area contributed by atoms with E-state index in [-0.39, 0.29) is 17.5 Å². The van der Waals surface area contributed by atoms with Crippen LogP contribution >= 0.6 is 0 Å². The Labute approximate surface area is 230 Å². The topological polar surface area (TPSA) is 40.2 Å². The summed E-state index contributed by atoms with van der Waals surface area (Å²) in [6, 6.07) is 16.0. The van der Waals surface area contributed by atoms with Crippen molar-refractivity contribution in [3.8, 4) is 5.75 Å². The maximum Gasteiger partial charge on any atom is 0.159 e. The summed E-state index contributed by atoms with van der Waals surface area (Å²) >= 11 is 0. The van der Waals surface area contributed by atoms with Crippen molar-refractivity contribution in [2.45, 2.75) is 83.2 Å². The third kappa shape index (κ3) is 6.62. The number of fused-ring (bicyclic) bond motifs is 1. The summed E-state index contributed by atoms with van der Waals surface area (Å²) in [5.41, 5.74) is 5.11. The van der Waals surface area contributed by atoms with Gasteiger partial charge in [0.1, 0.15) is 11.4 Å². The summed E-state index contributed by atoms with van der Waals surface area (Å²) in [6.45, 7) is 10.4. The zero-order valence-corrected chi connectivity index (χ0v) is 24.5. The molecule has 0 saturated carbocycles. The normalized spacial score (nSPS) is 21.6. The summed E-state index contributed by atoms with van der Waals surface area (Å²) < 4.78 is 23.1. The molecule has 5 nitrogen and oxygen atoms in total. The van der Waals surface area contributed by atoms with Gasteiger partial charge >= 0.3 is 0 Å². The number of methoxy groups -OCH3 is 3. The van der Waals surface area contributed by atoms with E-state index in [1.165, 1.54) is 22.4 Å². The number of aryl methyl sites for hydroxylation is 1. The molecule has 0 radical (unpaired) electrons. The molecule has 1 saturated heterocycles. The molecule has 208 valence electrons. The number of rotatable bonds is 9. The van der Waals surface area contributed by atoms with Gasteiger partial charge in [-0.1, -0.05) is 30.4 Å². The first-order valence-electron chi connectivity index (χ1n) is 14.1. The fraction of sp³-hybridized carbons (Fsp3) is 0.576. The van der Waals surface area contributed by atoms with Crippen molar-refractivity contribution < 1.29 is 18.9 Å². The van der Waals surface area contributed by atoms with Gasteiger partial charge in [-0.25, -0.2) is 0 Å². The number of allylic oxidation sites excluding steroid dienone is 2. The van der Waals surface area contributed by atoms with E-state index in [0.29, 0.717) is 11.8 Å². The van der Waals surface area contributed by atoms with E-state index < -0.39 is 0 Å². The van der Waals surface area contributed by atoms with Gasteiger partial charge in [-0.3, -0.25) is 0 Å². The number of hydrogen-bond acceptors (Lipinski definition) is 5. The highest BCUT2D eigenvalue weighted by molar-refractivity contribution is 5.52. The Balaban J connectivity index is 1.52. The molecule has 2 aromatic rings. The van der Waals surface area contributed by atoms with E-state index in [1.807, 2.05) is 7.11 Å². The monoisotopic (exact) mass is 521 g/mol. The molecule has 2 aromatic carbocycles. The van der Waals surface area contributed by atoms with Gasteiger partial charge in [-0.2, -0.15) is 0 Å². The molecule has 1 fully saturated rings. The predicted molar refractivity (Wildman–Crippen MR) is 155 cm³/mol. The van der Waals surface area contributed by atoms with E-state index in [9.17, 15) is 0 Å². The molecule has 0 bridgehead atoms. The first-order chi connectivity index (χ1) is 18.2. The Kier molecular flexibility index (Phi) is 9.23. The van der Waals surface area contributed by atoms with Crippen molar-refractivity contribution in [2.75, 3.05) is 39.3 Å². The fourth-order valence-electron chi connectivity index (χ4n) is 6.24. The van der Waals surface area contributed by atoms with Gasteiger partial charge in [-0.05, 0) is 100 Å². The van der Waals surface area contributed by atoms with E-state index in [2.05, 4.69) is 87.2 Å². The van der Waals surface area contributed by atoms with E-state index in [1.54, 1.807) is 14.2 Å². The minimum absolute atomic E-state index is 0.196. The van der Waals surface area contributed by atoms with Crippen LogP contribution in [0.5, 0.6) is 5.75 Å². The van der Waals surface area contributed by atoms with Gasteiger partial charge in [0.25, 0.3) is 0 Å². The molecule has 1 aliphatic carbocycles. The Bertz CT molecular complexity index is 1060. The van der Waals surface area contributed by atoms with Crippen LogP contribution in [-0.2, 0) is 20.6 Å². The van der Waals surface area contributed by atoms with Crippen LogP contribution in [0.15, 0.2) is 54.6 Å². The summed E-state index contributed by atoms with van der Waals surface area (Å²) in [6.07, 6.45) is 9.25. The van der Waals surface area contributed by atoms with Crippen LogP contribution in [0.4, 0.5) is 5.69 Å². The highest BCUT2D eigenvalue weighted by Crippen LogP contribution is 2.43. The van der Waals surface area contributed by atoms with Crippen LogP contribution in [0, 0.1) is 5.92 Å². The molecule has 1 heterocycles. The van der Waals surface area contributed by atoms with Crippen LogP contribution in [-0.4, -0.2) is 51.9 Å². The Morgan fingerprint density at radius 2 is 1.68 bits per heavy atom. The van der Waals surface area contributed by atoms with Crippen LogP contribution in [0.1, 0.15) is 76.0 Å². The summed E-state index contributed by atoms with van der Waals surface area (Å²) in [7, 11) is 5.20. The molecular formula is C33H47NO4. The van der Waals surface area contributed by atoms with Gasteiger partial charge in [-0.15, -0.1) is 0 Å². The zero-order valence-electron chi connectivity index (χ0n) is 24.5. The van der Waals surface area contributed by atoms with Crippen molar-refractivity contribution >= 4 is 5.69 Å². The minimum atomic E-state index is -0.236. The van der Waals surface area contributed by atoms with Crippen molar-refractivity contribution in [1.82, 2.24) is 0 Å². The summed E-state index contributed by atoms with van der Waals surface area (Å²) in [5, 5.41) is 0. The second kappa shape index (κ2) is 12.2. The van der Waals surface area contributed by atoms with Gasteiger partial charge in [0, 0.05) is 52.4 Å². The number of piperidine rings is 1. The Morgan fingerprint density at radius 1 is 1.00 bits per heavy atom. The summed E-state index contributed by atoms with van der Waals surface area (Å²) in [5.74, 6) is 1.82. The van der Waals surface area contributed by atoms with Crippen molar-refractivity contribution in [3.63, 3.8) is 0 Å². The van der Waals surface area contributed by atoms with Gasteiger partial charge in [0.15, 0.2) is 6.29 Å². The highest BCUT2D eigenvalue weighted by Gasteiger charge is 2.37. The molecule has 2 unspecified atom stereocenters. The van der Waals surface area contributed by atoms with Crippen LogP contribution in [0.3, 0.4) is 0 Å². The third-order valence-corrected chi connectivity index (χ3v) is 8.28. The lowest BCUT2D eigenvalue weighted by Crippen LogP contribution is -2.47. The minimum Gasteiger partial charge on any atom is -0.488 e. The van der Waals surface area contributed by atoms with Crippen molar-refractivity contribution in [2.24, 2.45) is 5.92 Å². The average molecular weight is 522 g/mol. The first kappa shape index (κ1) is 28.7. The highest BCUT2D eigenvalue weighted by atomic mass is 16.7. The smallest absolute Gasteiger partial charge is 0.159 e. The number of anilines is 1. The van der Waals surface area contributed by atoms with Crippen LogP contribution in [0.2, 0.25) is 0 Å². The maximum atomic E-state index is 6.18. The number of ether oxygens (including phenoxy) is 4. The van der Waals surface area contributed by atoms with E-state index in [0.717, 1.165) is 50.9 Å². The van der Waals surface area contributed by atoms with Crippen molar-refractivity contribution in [1.29, 1.82) is 0 Å². The molecule has 5 heteroatoms. The summed E-state index contributed by atoms with van der Waals surface area (Å²) in [4.78, 5) is 2.48. The molecule has 1 aliphatic heterocycles. The quantitative estimate of drug-likeness (QED) is 0.259. The van der Waals surface area contributed by atoms with Crippen LogP contribution in [0.25, 0.3) is 0 Å². The van der Waals surface area contributed by atoms with Gasteiger partial charge in [0.05, 0.1) is 5.60 Å². The second-order valence-corrected chi connectivity index (χ2v) is 11.9. The lowest BCUT2D eigenvalue weighted by atomic mass is 9.71. The standard InChI is InChI=1S/C33H47NO4/c1-8-9-24-10-11-26-22-28(38-32(2,3)4)16-17-29(26)31(24)25-12-14-27(15-13-25)34-20-18-33(37-7,19-21-34)23-30(35-5)36-6/h8-9,12-17,22,24,30-31H,10-11,18-21,23H2,1-7H3/b9-8+. The molecule has 0 spiro atoms. The number of hydrogen-bond donors (Lipinski definition) is 0. The fourth-order valence-corrected chi connectivity index (χ4v) is 6.24. The third-order valence-electron chi connectivity index (χ3n) is 8.28. The van der Waals surface area contributed by atoms with Gasteiger partial charge in [0.2, 0.25) is 0 Å². The van der Waals surface area contributed by atoms with Gasteiger partial charge < -0.3 is 23.8 Å². The molecule has 0 aromatic heterocycles. The number of benzene rings is 2. The largest absolute Gasteiger partial charge is 0.488 e. The number of nitrogens with zero attached hydrogens (tertiary/aromatic N) is 1. The van der Waals surface area contributed by atoms with Crippen molar-refractivity contribution in [3.05, 3.63) is 71.3 Å². The molecule has 38 heavy (non-hydrogen) atoms. The molecule has 2 aliphatic rings. The molecule has 4 rings (SSSR count).